The predicted octanol–water partition coefficient (Wildman–Crippen LogP) is 1.42. The SMILES string of the molecule is OC[C@H](c1cc(F)ccc1Cl)N1CCNCC1. The van der Waals surface area contributed by atoms with E-state index in [1.165, 1.54) is 18.2 Å². The van der Waals surface area contributed by atoms with E-state index >= 15 is 0 Å². The van der Waals surface area contributed by atoms with Crippen LogP contribution in [0.15, 0.2) is 18.2 Å². The number of benzene rings is 1. The van der Waals surface area contributed by atoms with Gasteiger partial charge >= 0.3 is 0 Å². The molecule has 2 rings (SSSR count). The van der Waals surface area contributed by atoms with Crippen LogP contribution in [-0.2, 0) is 0 Å². The lowest BCUT2D eigenvalue weighted by atomic mass is 10.0. The Bertz CT molecular complexity index is 383. The van der Waals surface area contributed by atoms with Crippen molar-refractivity contribution < 1.29 is 9.50 Å². The Morgan fingerprint density at radius 3 is 2.76 bits per heavy atom. The molecule has 0 aliphatic carbocycles. The van der Waals surface area contributed by atoms with E-state index in [2.05, 4.69) is 10.2 Å². The molecule has 1 fully saturated rings. The van der Waals surface area contributed by atoms with E-state index in [0.29, 0.717) is 10.6 Å². The van der Waals surface area contributed by atoms with Crippen LogP contribution in [0.3, 0.4) is 0 Å². The number of aliphatic hydroxyl groups is 1. The molecule has 5 heteroatoms. The highest BCUT2D eigenvalue weighted by molar-refractivity contribution is 6.31. The van der Waals surface area contributed by atoms with Crippen molar-refractivity contribution in [2.75, 3.05) is 32.8 Å². The molecule has 0 unspecified atom stereocenters. The number of halogens is 2. The normalized spacial score (nSPS) is 19.2. The Morgan fingerprint density at radius 1 is 1.41 bits per heavy atom. The molecule has 1 heterocycles. The van der Waals surface area contributed by atoms with Crippen molar-refractivity contribution in [2.45, 2.75) is 6.04 Å². The summed E-state index contributed by atoms with van der Waals surface area (Å²) < 4.78 is 13.2. The van der Waals surface area contributed by atoms with Crippen molar-refractivity contribution in [1.82, 2.24) is 10.2 Å². The number of nitrogens with one attached hydrogen (secondary N) is 1. The van der Waals surface area contributed by atoms with Crippen LogP contribution in [0.25, 0.3) is 0 Å². The molecular formula is C12H16ClFN2O. The van der Waals surface area contributed by atoms with Crippen molar-refractivity contribution in [2.24, 2.45) is 0 Å². The molecular weight excluding hydrogens is 243 g/mol. The number of piperazine rings is 1. The van der Waals surface area contributed by atoms with Gasteiger partial charge in [-0.3, -0.25) is 4.90 Å². The fourth-order valence-corrected chi connectivity index (χ4v) is 2.42. The third-order valence-electron chi connectivity index (χ3n) is 3.08. The first-order chi connectivity index (χ1) is 8.22. The van der Waals surface area contributed by atoms with E-state index in [1.54, 1.807) is 0 Å². The standard InChI is InChI=1S/C12H16ClFN2O/c13-11-2-1-9(14)7-10(11)12(8-17)16-5-3-15-4-6-16/h1-2,7,12,15,17H,3-6,8H2/t12-/m1/s1. The van der Waals surface area contributed by atoms with Crippen LogP contribution >= 0.6 is 11.6 Å². The quantitative estimate of drug-likeness (QED) is 0.861. The lowest BCUT2D eigenvalue weighted by Crippen LogP contribution is -2.46. The Hall–Kier alpha value is -0.680. The summed E-state index contributed by atoms with van der Waals surface area (Å²) in [5, 5.41) is 13.2. The van der Waals surface area contributed by atoms with E-state index in [0.717, 1.165) is 26.2 Å². The van der Waals surface area contributed by atoms with Gasteiger partial charge in [0.25, 0.3) is 0 Å². The smallest absolute Gasteiger partial charge is 0.123 e. The molecule has 0 spiro atoms. The molecule has 1 aliphatic heterocycles. The zero-order chi connectivity index (χ0) is 12.3. The molecule has 0 amide bonds. The summed E-state index contributed by atoms with van der Waals surface area (Å²) in [7, 11) is 0. The van der Waals surface area contributed by atoms with Gasteiger partial charge in [-0.15, -0.1) is 0 Å². The van der Waals surface area contributed by atoms with Gasteiger partial charge < -0.3 is 10.4 Å². The highest BCUT2D eigenvalue weighted by atomic mass is 35.5. The van der Waals surface area contributed by atoms with Crippen LogP contribution < -0.4 is 5.32 Å². The highest BCUT2D eigenvalue weighted by Crippen LogP contribution is 2.28. The maximum absolute atomic E-state index is 13.2. The van der Waals surface area contributed by atoms with Gasteiger partial charge in [-0.2, -0.15) is 0 Å². The largest absolute Gasteiger partial charge is 0.394 e. The van der Waals surface area contributed by atoms with Crippen molar-refractivity contribution in [3.8, 4) is 0 Å². The van der Waals surface area contributed by atoms with E-state index in [4.69, 9.17) is 11.6 Å². The van der Waals surface area contributed by atoms with E-state index < -0.39 is 0 Å². The predicted molar refractivity (Wildman–Crippen MR) is 65.7 cm³/mol. The van der Waals surface area contributed by atoms with Gasteiger partial charge in [-0.05, 0) is 23.8 Å². The molecule has 2 N–H and O–H groups in total. The number of nitrogens with zero attached hydrogens (tertiary/aromatic N) is 1. The third-order valence-corrected chi connectivity index (χ3v) is 3.43. The summed E-state index contributed by atoms with van der Waals surface area (Å²) in [6, 6.07) is 4.06. The van der Waals surface area contributed by atoms with Crippen LogP contribution in [-0.4, -0.2) is 42.8 Å². The van der Waals surface area contributed by atoms with Crippen LogP contribution in [0.5, 0.6) is 0 Å². The summed E-state index contributed by atoms with van der Waals surface area (Å²) in [6.45, 7) is 3.37. The van der Waals surface area contributed by atoms with Gasteiger partial charge in [0.05, 0.1) is 12.6 Å². The van der Waals surface area contributed by atoms with Crippen LogP contribution in [0, 0.1) is 5.82 Å². The van der Waals surface area contributed by atoms with Gasteiger partial charge in [-0.1, -0.05) is 11.6 Å². The topological polar surface area (TPSA) is 35.5 Å². The minimum absolute atomic E-state index is 0.0524. The molecule has 94 valence electrons. The second-order valence-electron chi connectivity index (χ2n) is 4.15. The Kier molecular flexibility index (Phi) is 4.34. The number of rotatable bonds is 3. The Balaban J connectivity index is 2.24. The average Bonchev–Trinajstić information content (AvgIpc) is 2.36. The van der Waals surface area contributed by atoms with E-state index in [9.17, 15) is 9.50 Å². The van der Waals surface area contributed by atoms with E-state index in [-0.39, 0.29) is 18.5 Å². The van der Waals surface area contributed by atoms with Gasteiger partial charge in [-0.25, -0.2) is 4.39 Å². The molecule has 1 aliphatic rings. The van der Waals surface area contributed by atoms with Crippen LogP contribution in [0.4, 0.5) is 4.39 Å². The molecule has 0 saturated carbocycles. The monoisotopic (exact) mass is 258 g/mol. The second kappa shape index (κ2) is 5.78. The van der Waals surface area contributed by atoms with Gasteiger partial charge in [0.2, 0.25) is 0 Å². The van der Waals surface area contributed by atoms with Crippen molar-refractivity contribution in [3.63, 3.8) is 0 Å². The van der Waals surface area contributed by atoms with E-state index in [1.807, 2.05) is 0 Å². The molecule has 0 bridgehead atoms. The summed E-state index contributed by atoms with van der Waals surface area (Å²) in [4.78, 5) is 2.12. The minimum atomic E-state index is -0.321. The maximum Gasteiger partial charge on any atom is 0.123 e. The molecule has 17 heavy (non-hydrogen) atoms. The van der Waals surface area contributed by atoms with Crippen LogP contribution in [0.2, 0.25) is 5.02 Å². The third kappa shape index (κ3) is 2.96. The fraction of sp³-hybridized carbons (Fsp3) is 0.500. The zero-order valence-electron chi connectivity index (χ0n) is 9.50. The maximum atomic E-state index is 13.2. The molecule has 1 aromatic rings. The summed E-state index contributed by atoms with van der Waals surface area (Å²) in [5.41, 5.74) is 0.663. The minimum Gasteiger partial charge on any atom is -0.394 e. The van der Waals surface area contributed by atoms with Crippen molar-refractivity contribution in [3.05, 3.63) is 34.6 Å². The zero-order valence-corrected chi connectivity index (χ0v) is 10.3. The van der Waals surface area contributed by atoms with Crippen molar-refractivity contribution >= 4 is 11.6 Å². The molecule has 0 aromatic heterocycles. The first-order valence-corrected chi connectivity index (χ1v) is 6.10. The fourth-order valence-electron chi connectivity index (χ4n) is 2.17. The van der Waals surface area contributed by atoms with Crippen molar-refractivity contribution in [1.29, 1.82) is 0 Å². The van der Waals surface area contributed by atoms with Gasteiger partial charge in [0.15, 0.2) is 0 Å². The Labute approximate surface area is 105 Å². The number of hydrogen-bond donors (Lipinski definition) is 2. The first-order valence-electron chi connectivity index (χ1n) is 5.73. The second-order valence-corrected chi connectivity index (χ2v) is 4.56. The molecule has 1 aromatic carbocycles. The lowest BCUT2D eigenvalue weighted by molar-refractivity contribution is 0.110. The number of hydrogen-bond acceptors (Lipinski definition) is 3. The molecule has 1 saturated heterocycles. The summed E-state index contributed by atoms with van der Waals surface area (Å²) in [5.74, 6) is -0.321. The van der Waals surface area contributed by atoms with Gasteiger partial charge in [0, 0.05) is 31.2 Å². The molecule has 3 nitrogen and oxygen atoms in total. The highest BCUT2D eigenvalue weighted by Gasteiger charge is 2.23. The van der Waals surface area contributed by atoms with Crippen LogP contribution in [0.1, 0.15) is 11.6 Å². The number of aliphatic hydroxyl groups excluding tert-OH is 1. The lowest BCUT2D eigenvalue weighted by Gasteiger charge is -2.34. The first kappa shape index (κ1) is 12.8. The summed E-state index contributed by atoms with van der Waals surface area (Å²) >= 11 is 6.07. The summed E-state index contributed by atoms with van der Waals surface area (Å²) in [6.07, 6.45) is 0. The Morgan fingerprint density at radius 2 is 2.12 bits per heavy atom. The van der Waals surface area contributed by atoms with Gasteiger partial charge in [0.1, 0.15) is 5.82 Å². The molecule has 0 radical (unpaired) electrons. The average molecular weight is 259 g/mol. The molecule has 1 atom stereocenters.